The highest BCUT2D eigenvalue weighted by molar-refractivity contribution is 5.73. The van der Waals surface area contributed by atoms with Crippen molar-refractivity contribution in [3.05, 3.63) is 29.7 Å². The molecule has 1 fully saturated rings. The molecule has 3 rings (SSSR count). The van der Waals surface area contributed by atoms with Gasteiger partial charge in [0.25, 0.3) is 0 Å². The van der Waals surface area contributed by atoms with Crippen molar-refractivity contribution in [3.8, 4) is 0 Å². The molecule has 1 aliphatic heterocycles. The second-order valence-electron chi connectivity index (χ2n) is 4.85. The molecule has 0 saturated carbocycles. The number of nitrogens with one attached hydrogen (secondary N) is 2. The van der Waals surface area contributed by atoms with Gasteiger partial charge in [0.05, 0.1) is 5.54 Å². The van der Waals surface area contributed by atoms with Crippen LogP contribution in [0.25, 0.3) is 11.1 Å². The number of hydrogen-bond acceptors (Lipinski definition) is 4. The summed E-state index contributed by atoms with van der Waals surface area (Å²) in [6.45, 7) is 7.04. The molecule has 0 radical (unpaired) electrons. The molecule has 1 aliphatic rings. The summed E-state index contributed by atoms with van der Waals surface area (Å²) in [6, 6.07) is 6.25. The van der Waals surface area contributed by atoms with E-state index in [1.165, 1.54) is 5.56 Å². The maximum atomic E-state index is 5.59. The third-order valence-electron chi connectivity index (χ3n) is 3.43. The minimum atomic E-state index is -0.0207. The molecular weight excluding hydrogens is 214 g/mol. The second kappa shape index (κ2) is 3.82. The number of aryl methyl sites for hydroxylation is 1. The van der Waals surface area contributed by atoms with Crippen LogP contribution >= 0.6 is 0 Å². The molecule has 0 bridgehead atoms. The lowest BCUT2D eigenvalue weighted by Crippen LogP contribution is -2.54. The standard InChI is InChI=1S/C13H17N3O/c1-9-16-11-4-3-10(7-12(11)17-9)13(2)8-14-5-6-15-13/h3-4,7,14-15H,5-6,8H2,1-2H3. The number of fused-ring (bicyclic) bond motifs is 1. The van der Waals surface area contributed by atoms with E-state index in [-0.39, 0.29) is 5.54 Å². The minimum absolute atomic E-state index is 0.0207. The fourth-order valence-corrected chi connectivity index (χ4v) is 2.41. The van der Waals surface area contributed by atoms with Gasteiger partial charge in [-0.3, -0.25) is 0 Å². The number of nitrogens with zero attached hydrogens (tertiary/aromatic N) is 1. The van der Waals surface area contributed by atoms with Gasteiger partial charge in [-0.05, 0) is 24.6 Å². The summed E-state index contributed by atoms with van der Waals surface area (Å²) in [4.78, 5) is 4.32. The predicted octanol–water partition coefficient (Wildman–Crippen LogP) is 1.54. The average Bonchev–Trinajstić information content (AvgIpc) is 2.69. The van der Waals surface area contributed by atoms with Crippen LogP contribution in [0.5, 0.6) is 0 Å². The minimum Gasteiger partial charge on any atom is -0.441 e. The van der Waals surface area contributed by atoms with E-state index in [2.05, 4.69) is 34.7 Å². The van der Waals surface area contributed by atoms with E-state index >= 15 is 0 Å². The first-order valence-corrected chi connectivity index (χ1v) is 6.01. The zero-order chi connectivity index (χ0) is 11.9. The van der Waals surface area contributed by atoms with Crippen molar-refractivity contribution in [1.29, 1.82) is 0 Å². The first-order chi connectivity index (χ1) is 8.17. The molecule has 1 atom stereocenters. The second-order valence-corrected chi connectivity index (χ2v) is 4.85. The lowest BCUT2D eigenvalue weighted by molar-refractivity contribution is 0.303. The molecule has 2 aromatic rings. The van der Waals surface area contributed by atoms with Crippen LogP contribution in [0.15, 0.2) is 22.6 Å². The summed E-state index contributed by atoms with van der Waals surface area (Å²) in [5, 5.41) is 6.98. The Bertz CT molecular complexity index is 541. The summed E-state index contributed by atoms with van der Waals surface area (Å²) in [5.41, 5.74) is 3.02. The molecule has 4 heteroatoms. The van der Waals surface area contributed by atoms with Crippen molar-refractivity contribution in [2.45, 2.75) is 19.4 Å². The van der Waals surface area contributed by atoms with Crippen LogP contribution in [0, 0.1) is 6.92 Å². The van der Waals surface area contributed by atoms with Gasteiger partial charge in [0.2, 0.25) is 0 Å². The number of piperazine rings is 1. The lowest BCUT2D eigenvalue weighted by atomic mass is 9.90. The topological polar surface area (TPSA) is 50.1 Å². The van der Waals surface area contributed by atoms with E-state index in [1.54, 1.807) is 0 Å². The van der Waals surface area contributed by atoms with E-state index < -0.39 is 0 Å². The Balaban J connectivity index is 2.04. The molecular formula is C13H17N3O. The SMILES string of the molecule is Cc1nc2ccc(C3(C)CNCCN3)cc2o1. The fraction of sp³-hybridized carbons (Fsp3) is 0.462. The molecule has 90 valence electrons. The molecule has 1 unspecified atom stereocenters. The van der Waals surface area contributed by atoms with Crippen LogP contribution in [0.1, 0.15) is 18.4 Å². The summed E-state index contributed by atoms with van der Waals surface area (Å²) >= 11 is 0. The van der Waals surface area contributed by atoms with Crippen LogP contribution in [0.2, 0.25) is 0 Å². The Labute approximate surface area is 100 Å². The third-order valence-corrected chi connectivity index (χ3v) is 3.43. The van der Waals surface area contributed by atoms with Crippen molar-refractivity contribution in [2.24, 2.45) is 0 Å². The Morgan fingerprint density at radius 2 is 2.24 bits per heavy atom. The quantitative estimate of drug-likeness (QED) is 0.781. The maximum Gasteiger partial charge on any atom is 0.192 e. The van der Waals surface area contributed by atoms with Crippen LogP contribution < -0.4 is 10.6 Å². The molecule has 2 N–H and O–H groups in total. The van der Waals surface area contributed by atoms with E-state index in [0.717, 1.165) is 36.6 Å². The van der Waals surface area contributed by atoms with E-state index in [4.69, 9.17) is 4.42 Å². The molecule has 1 aromatic carbocycles. The highest BCUT2D eigenvalue weighted by Crippen LogP contribution is 2.25. The molecule has 1 saturated heterocycles. The van der Waals surface area contributed by atoms with Gasteiger partial charge in [-0.25, -0.2) is 4.98 Å². The number of rotatable bonds is 1. The zero-order valence-electron chi connectivity index (χ0n) is 10.2. The van der Waals surface area contributed by atoms with Gasteiger partial charge in [0, 0.05) is 26.6 Å². The average molecular weight is 231 g/mol. The highest BCUT2D eigenvalue weighted by atomic mass is 16.3. The third kappa shape index (κ3) is 1.83. The van der Waals surface area contributed by atoms with Gasteiger partial charge in [-0.2, -0.15) is 0 Å². The van der Waals surface area contributed by atoms with Crippen molar-refractivity contribution < 1.29 is 4.42 Å². The molecule has 0 amide bonds. The van der Waals surface area contributed by atoms with Gasteiger partial charge < -0.3 is 15.1 Å². The van der Waals surface area contributed by atoms with Crippen molar-refractivity contribution in [2.75, 3.05) is 19.6 Å². The molecule has 0 aliphatic carbocycles. The highest BCUT2D eigenvalue weighted by Gasteiger charge is 2.28. The molecule has 2 heterocycles. The zero-order valence-corrected chi connectivity index (χ0v) is 10.2. The monoisotopic (exact) mass is 231 g/mol. The van der Waals surface area contributed by atoms with Gasteiger partial charge in [0.15, 0.2) is 11.5 Å². The van der Waals surface area contributed by atoms with Crippen LogP contribution in [0.4, 0.5) is 0 Å². The number of oxazole rings is 1. The molecule has 17 heavy (non-hydrogen) atoms. The van der Waals surface area contributed by atoms with Crippen LogP contribution in [-0.2, 0) is 5.54 Å². The van der Waals surface area contributed by atoms with Crippen molar-refractivity contribution in [1.82, 2.24) is 15.6 Å². The Kier molecular flexibility index (Phi) is 2.42. The predicted molar refractivity (Wildman–Crippen MR) is 67.0 cm³/mol. The first-order valence-electron chi connectivity index (χ1n) is 6.01. The van der Waals surface area contributed by atoms with E-state index in [1.807, 2.05) is 13.0 Å². The van der Waals surface area contributed by atoms with E-state index in [9.17, 15) is 0 Å². The summed E-state index contributed by atoms with van der Waals surface area (Å²) in [6.07, 6.45) is 0. The van der Waals surface area contributed by atoms with Crippen LogP contribution in [0.3, 0.4) is 0 Å². The van der Waals surface area contributed by atoms with Crippen molar-refractivity contribution >= 4 is 11.1 Å². The first kappa shape index (κ1) is 10.7. The molecule has 0 spiro atoms. The number of hydrogen-bond donors (Lipinski definition) is 2. The normalized spacial score (nSPS) is 25.3. The number of aromatic nitrogens is 1. The Morgan fingerprint density at radius 3 is 3.00 bits per heavy atom. The van der Waals surface area contributed by atoms with Gasteiger partial charge >= 0.3 is 0 Å². The number of benzene rings is 1. The summed E-state index contributed by atoms with van der Waals surface area (Å²) in [5.74, 6) is 0.719. The largest absolute Gasteiger partial charge is 0.441 e. The summed E-state index contributed by atoms with van der Waals surface area (Å²) in [7, 11) is 0. The maximum absolute atomic E-state index is 5.59. The molecule has 1 aromatic heterocycles. The smallest absolute Gasteiger partial charge is 0.192 e. The van der Waals surface area contributed by atoms with Gasteiger partial charge in [-0.15, -0.1) is 0 Å². The Morgan fingerprint density at radius 1 is 1.35 bits per heavy atom. The summed E-state index contributed by atoms with van der Waals surface area (Å²) < 4.78 is 5.59. The van der Waals surface area contributed by atoms with Crippen LogP contribution in [-0.4, -0.2) is 24.6 Å². The Hall–Kier alpha value is -1.39. The van der Waals surface area contributed by atoms with Gasteiger partial charge in [0.1, 0.15) is 5.52 Å². The molecule has 4 nitrogen and oxygen atoms in total. The lowest BCUT2D eigenvalue weighted by Gasteiger charge is -2.36. The van der Waals surface area contributed by atoms with E-state index in [0.29, 0.717) is 0 Å². The van der Waals surface area contributed by atoms with Gasteiger partial charge in [-0.1, -0.05) is 6.07 Å². The fourth-order valence-electron chi connectivity index (χ4n) is 2.41. The van der Waals surface area contributed by atoms with Crippen molar-refractivity contribution in [3.63, 3.8) is 0 Å².